The van der Waals surface area contributed by atoms with Gasteiger partial charge < -0.3 is 20.3 Å². The van der Waals surface area contributed by atoms with E-state index in [9.17, 15) is 9.59 Å². The lowest BCUT2D eigenvalue weighted by Crippen LogP contribution is -2.45. The normalized spacial score (nSPS) is 15.1. The first kappa shape index (κ1) is 19.5. The van der Waals surface area contributed by atoms with Crippen molar-refractivity contribution in [3.63, 3.8) is 0 Å². The van der Waals surface area contributed by atoms with E-state index in [1.807, 2.05) is 26.0 Å². The third-order valence-electron chi connectivity index (χ3n) is 4.26. The van der Waals surface area contributed by atoms with Gasteiger partial charge in [-0.2, -0.15) is 0 Å². The lowest BCUT2D eigenvalue weighted by molar-refractivity contribution is -0.116. The van der Waals surface area contributed by atoms with E-state index in [1.54, 1.807) is 11.0 Å². The smallest absolute Gasteiger partial charge is 0.409 e. The summed E-state index contributed by atoms with van der Waals surface area (Å²) in [5.74, 6) is -0.0450. The Morgan fingerprint density at radius 1 is 1.32 bits per heavy atom. The molecule has 1 heterocycles. The Hall–Kier alpha value is -1.79. The van der Waals surface area contributed by atoms with Crippen molar-refractivity contribution in [3.8, 4) is 0 Å². The number of likely N-dealkylation sites (tertiary alicyclic amines) is 1. The van der Waals surface area contributed by atoms with E-state index < -0.39 is 0 Å². The van der Waals surface area contributed by atoms with Gasteiger partial charge in [0.1, 0.15) is 0 Å². The molecule has 1 saturated heterocycles. The van der Waals surface area contributed by atoms with E-state index in [-0.39, 0.29) is 12.0 Å². The highest BCUT2D eigenvalue weighted by molar-refractivity contribution is 6.31. The SMILES string of the molecule is CCOC(=O)N1CCC(NCCC(=O)Nc2ccc(C)c(Cl)c2)CC1. The van der Waals surface area contributed by atoms with E-state index in [2.05, 4.69) is 10.6 Å². The lowest BCUT2D eigenvalue weighted by atomic mass is 10.1. The van der Waals surface area contributed by atoms with Gasteiger partial charge in [-0.15, -0.1) is 0 Å². The van der Waals surface area contributed by atoms with Gasteiger partial charge in [-0.05, 0) is 44.4 Å². The molecule has 1 aromatic carbocycles. The molecule has 0 radical (unpaired) electrons. The number of aryl methyl sites for hydroxylation is 1. The zero-order valence-corrected chi connectivity index (χ0v) is 15.6. The van der Waals surface area contributed by atoms with Crippen molar-refractivity contribution >= 4 is 29.3 Å². The Balaban J connectivity index is 1.65. The van der Waals surface area contributed by atoms with Crippen LogP contribution in [0.5, 0.6) is 0 Å². The number of halogens is 1. The standard InChI is InChI=1S/C18H26ClN3O3/c1-3-25-18(24)22-10-7-14(8-11-22)20-9-6-17(23)21-15-5-4-13(2)16(19)12-15/h4-5,12,14,20H,3,6-11H2,1-2H3,(H,21,23). The Bertz CT molecular complexity index is 601. The second kappa shape index (κ2) is 9.63. The number of ether oxygens (including phenoxy) is 1. The number of hydrogen-bond donors (Lipinski definition) is 2. The second-order valence-corrected chi connectivity index (χ2v) is 6.58. The molecule has 1 fully saturated rings. The minimum Gasteiger partial charge on any atom is -0.450 e. The van der Waals surface area contributed by atoms with Gasteiger partial charge in [-0.1, -0.05) is 17.7 Å². The van der Waals surface area contributed by atoms with Crippen LogP contribution in [0, 0.1) is 6.92 Å². The number of anilines is 1. The molecule has 25 heavy (non-hydrogen) atoms. The van der Waals surface area contributed by atoms with Gasteiger partial charge in [-0.25, -0.2) is 4.79 Å². The topological polar surface area (TPSA) is 70.7 Å². The highest BCUT2D eigenvalue weighted by Gasteiger charge is 2.23. The van der Waals surface area contributed by atoms with Gasteiger partial charge >= 0.3 is 6.09 Å². The van der Waals surface area contributed by atoms with Gasteiger partial charge in [0.2, 0.25) is 5.91 Å². The largest absolute Gasteiger partial charge is 0.450 e. The molecule has 0 atom stereocenters. The van der Waals surface area contributed by atoms with Crippen molar-refractivity contribution in [1.82, 2.24) is 10.2 Å². The molecule has 2 amide bonds. The van der Waals surface area contributed by atoms with Gasteiger partial charge in [0, 0.05) is 42.8 Å². The summed E-state index contributed by atoms with van der Waals surface area (Å²) in [5.41, 5.74) is 1.69. The van der Waals surface area contributed by atoms with Crippen molar-refractivity contribution in [1.29, 1.82) is 0 Å². The number of carbonyl (C=O) groups excluding carboxylic acids is 2. The van der Waals surface area contributed by atoms with Crippen LogP contribution in [-0.4, -0.2) is 49.2 Å². The first-order valence-electron chi connectivity index (χ1n) is 8.70. The molecule has 1 aliphatic rings. The van der Waals surface area contributed by atoms with Crippen LogP contribution in [0.25, 0.3) is 0 Å². The first-order valence-corrected chi connectivity index (χ1v) is 9.08. The molecule has 0 saturated carbocycles. The molecule has 0 spiro atoms. The molecular weight excluding hydrogens is 342 g/mol. The van der Waals surface area contributed by atoms with Crippen LogP contribution in [-0.2, 0) is 9.53 Å². The predicted octanol–water partition coefficient (Wildman–Crippen LogP) is 3.19. The number of carbonyl (C=O) groups is 2. The molecule has 0 unspecified atom stereocenters. The number of piperidine rings is 1. The zero-order valence-electron chi connectivity index (χ0n) is 14.8. The first-order chi connectivity index (χ1) is 12.0. The summed E-state index contributed by atoms with van der Waals surface area (Å²) in [6, 6.07) is 5.81. The summed E-state index contributed by atoms with van der Waals surface area (Å²) < 4.78 is 5.01. The van der Waals surface area contributed by atoms with Gasteiger partial charge in [0.25, 0.3) is 0 Å². The van der Waals surface area contributed by atoms with Crippen LogP contribution in [0.3, 0.4) is 0 Å². The molecule has 1 aromatic rings. The van der Waals surface area contributed by atoms with Crippen LogP contribution < -0.4 is 10.6 Å². The number of nitrogens with zero attached hydrogens (tertiary/aromatic N) is 1. The van der Waals surface area contributed by atoms with Crippen molar-refractivity contribution in [2.45, 2.75) is 39.2 Å². The molecule has 138 valence electrons. The van der Waals surface area contributed by atoms with Crippen LogP contribution >= 0.6 is 11.6 Å². The molecule has 0 aliphatic carbocycles. The summed E-state index contributed by atoms with van der Waals surface area (Å²) >= 11 is 6.06. The summed E-state index contributed by atoms with van der Waals surface area (Å²) in [5, 5.41) is 6.88. The molecular formula is C18H26ClN3O3. The van der Waals surface area contributed by atoms with Crippen LogP contribution in [0.2, 0.25) is 5.02 Å². The molecule has 7 heteroatoms. The fourth-order valence-electron chi connectivity index (χ4n) is 2.76. The quantitative estimate of drug-likeness (QED) is 0.810. The maximum Gasteiger partial charge on any atom is 0.409 e. The highest BCUT2D eigenvalue weighted by Crippen LogP contribution is 2.20. The van der Waals surface area contributed by atoms with E-state index in [0.29, 0.717) is 49.4 Å². The van der Waals surface area contributed by atoms with E-state index in [4.69, 9.17) is 16.3 Å². The fraction of sp³-hybridized carbons (Fsp3) is 0.556. The molecule has 2 N–H and O–H groups in total. The second-order valence-electron chi connectivity index (χ2n) is 6.18. The van der Waals surface area contributed by atoms with Crippen molar-refractivity contribution < 1.29 is 14.3 Å². The minimum atomic E-state index is -0.239. The van der Waals surface area contributed by atoms with Crippen LogP contribution in [0.4, 0.5) is 10.5 Å². The monoisotopic (exact) mass is 367 g/mol. The van der Waals surface area contributed by atoms with Crippen molar-refractivity contribution in [2.75, 3.05) is 31.6 Å². The van der Waals surface area contributed by atoms with Crippen LogP contribution in [0.1, 0.15) is 31.7 Å². The summed E-state index contributed by atoms with van der Waals surface area (Å²) in [6.07, 6.45) is 1.89. The summed E-state index contributed by atoms with van der Waals surface area (Å²) in [7, 11) is 0. The Morgan fingerprint density at radius 2 is 2.04 bits per heavy atom. The summed E-state index contributed by atoms with van der Waals surface area (Å²) in [4.78, 5) is 25.4. The van der Waals surface area contributed by atoms with Crippen LogP contribution in [0.15, 0.2) is 18.2 Å². The van der Waals surface area contributed by atoms with Gasteiger partial charge in [0.15, 0.2) is 0 Å². The number of hydrogen-bond acceptors (Lipinski definition) is 4. The van der Waals surface area contributed by atoms with Crippen molar-refractivity contribution in [2.24, 2.45) is 0 Å². The fourth-order valence-corrected chi connectivity index (χ4v) is 2.95. The number of amides is 2. The average Bonchev–Trinajstić information content (AvgIpc) is 2.59. The van der Waals surface area contributed by atoms with Gasteiger partial charge in [0.05, 0.1) is 6.61 Å². The average molecular weight is 368 g/mol. The molecule has 0 bridgehead atoms. The maximum absolute atomic E-state index is 12.0. The summed E-state index contributed by atoms with van der Waals surface area (Å²) in [6.45, 7) is 6.11. The number of rotatable bonds is 6. The number of benzene rings is 1. The highest BCUT2D eigenvalue weighted by atomic mass is 35.5. The molecule has 0 aromatic heterocycles. The lowest BCUT2D eigenvalue weighted by Gasteiger charge is -2.31. The Morgan fingerprint density at radius 3 is 2.68 bits per heavy atom. The van der Waals surface area contributed by atoms with Crippen molar-refractivity contribution in [3.05, 3.63) is 28.8 Å². The third kappa shape index (κ3) is 6.21. The van der Waals surface area contributed by atoms with E-state index in [1.165, 1.54) is 0 Å². The predicted molar refractivity (Wildman–Crippen MR) is 99.1 cm³/mol. The number of nitrogens with one attached hydrogen (secondary N) is 2. The Kier molecular flexibility index (Phi) is 7.52. The van der Waals surface area contributed by atoms with E-state index >= 15 is 0 Å². The third-order valence-corrected chi connectivity index (χ3v) is 4.67. The maximum atomic E-state index is 12.0. The molecule has 2 rings (SSSR count). The molecule has 1 aliphatic heterocycles. The Labute approximate surface area is 153 Å². The minimum absolute atomic E-state index is 0.0450. The molecule has 6 nitrogen and oxygen atoms in total. The van der Waals surface area contributed by atoms with Gasteiger partial charge in [-0.3, -0.25) is 4.79 Å². The van der Waals surface area contributed by atoms with E-state index in [0.717, 1.165) is 18.4 Å². The zero-order chi connectivity index (χ0) is 18.2.